The van der Waals surface area contributed by atoms with Crippen molar-refractivity contribution in [2.75, 3.05) is 0 Å². The number of hydrogen-bond acceptors (Lipinski definition) is 3. The normalized spacial score (nSPS) is 17.8. The van der Waals surface area contributed by atoms with Crippen LogP contribution in [0.25, 0.3) is 0 Å². The van der Waals surface area contributed by atoms with Crippen LogP contribution in [0.4, 0.5) is 10.2 Å². The third-order valence-corrected chi connectivity index (χ3v) is 4.59. The summed E-state index contributed by atoms with van der Waals surface area (Å²) in [6.45, 7) is 5.88. The molecule has 0 saturated carbocycles. The molecule has 0 fully saturated rings. The van der Waals surface area contributed by atoms with E-state index in [9.17, 15) is 9.18 Å². The molecule has 0 spiro atoms. The summed E-state index contributed by atoms with van der Waals surface area (Å²) in [7, 11) is 0. The van der Waals surface area contributed by atoms with Crippen LogP contribution in [0.5, 0.6) is 0 Å². The van der Waals surface area contributed by atoms with E-state index in [2.05, 4.69) is 10.1 Å². The summed E-state index contributed by atoms with van der Waals surface area (Å²) in [6.07, 6.45) is 0. The predicted octanol–water partition coefficient (Wildman–Crippen LogP) is 3.78. The molecular weight excluding hydrogens is 289 g/mol. The lowest BCUT2D eigenvalue weighted by Crippen LogP contribution is -2.13. The Morgan fingerprint density at radius 1 is 1.43 bits per heavy atom. The van der Waals surface area contributed by atoms with Crippen molar-refractivity contribution in [3.05, 3.63) is 51.6 Å². The monoisotopic (exact) mass is 305 g/mol. The lowest BCUT2D eigenvalue weighted by molar-refractivity contribution is 0.533. The van der Waals surface area contributed by atoms with Crippen LogP contribution in [0.2, 0.25) is 0 Å². The van der Waals surface area contributed by atoms with Gasteiger partial charge in [0.1, 0.15) is 5.82 Å². The molecule has 6 heteroatoms. The number of H-pyrrole nitrogens is 1. The number of aromatic amines is 1. The van der Waals surface area contributed by atoms with Crippen molar-refractivity contribution in [3.63, 3.8) is 0 Å². The Kier molecular flexibility index (Phi) is 3.49. The average molecular weight is 305 g/mol. The number of rotatable bonds is 2. The summed E-state index contributed by atoms with van der Waals surface area (Å²) in [5.74, 6) is 0.357. The molecule has 0 saturated heterocycles. The molecule has 1 aliphatic rings. The number of nitrogens with zero attached hydrogens (tertiary/aromatic N) is 2. The number of thioether (sulfide) groups is 1. The van der Waals surface area contributed by atoms with Crippen molar-refractivity contribution < 1.29 is 4.39 Å². The van der Waals surface area contributed by atoms with E-state index in [-0.39, 0.29) is 22.7 Å². The smallest absolute Gasteiger partial charge is 0.268 e. The van der Waals surface area contributed by atoms with E-state index >= 15 is 0 Å². The molecule has 1 N–H and O–H groups in total. The van der Waals surface area contributed by atoms with Gasteiger partial charge < -0.3 is 0 Å². The summed E-state index contributed by atoms with van der Waals surface area (Å²) in [5, 5.41) is 3.48. The molecule has 110 valence electrons. The van der Waals surface area contributed by atoms with Crippen molar-refractivity contribution in [2.24, 2.45) is 4.99 Å². The van der Waals surface area contributed by atoms with Gasteiger partial charge in [0.2, 0.25) is 0 Å². The third kappa shape index (κ3) is 2.44. The minimum Gasteiger partial charge on any atom is -0.268 e. The molecule has 0 amide bonds. The molecule has 1 aromatic heterocycles. The van der Waals surface area contributed by atoms with Gasteiger partial charge in [-0.15, -0.1) is 0 Å². The maximum atomic E-state index is 13.5. The van der Waals surface area contributed by atoms with Crippen molar-refractivity contribution >= 4 is 22.6 Å². The first kappa shape index (κ1) is 14.1. The van der Waals surface area contributed by atoms with Crippen LogP contribution >= 0.6 is 11.8 Å². The fourth-order valence-corrected chi connectivity index (χ4v) is 3.58. The van der Waals surface area contributed by atoms with Crippen LogP contribution in [0, 0.1) is 5.82 Å². The van der Waals surface area contributed by atoms with Gasteiger partial charge in [-0.3, -0.25) is 14.6 Å². The molecule has 21 heavy (non-hydrogen) atoms. The topological polar surface area (TPSA) is 50.1 Å². The second kappa shape index (κ2) is 5.18. The molecule has 3 rings (SSSR count). The van der Waals surface area contributed by atoms with Gasteiger partial charge in [0.15, 0.2) is 5.82 Å². The predicted molar refractivity (Wildman–Crippen MR) is 84.0 cm³/mol. The van der Waals surface area contributed by atoms with E-state index in [0.717, 1.165) is 10.6 Å². The lowest BCUT2D eigenvalue weighted by atomic mass is 10.1. The molecule has 2 aromatic rings. The van der Waals surface area contributed by atoms with Crippen LogP contribution in [0.15, 0.2) is 34.1 Å². The van der Waals surface area contributed by atoms with Gasteiger partial charge in [-0.25, -0.2) is 9.38 Å². The van der Waals surface area contributed by atoms with E-state index in [4.69, 9.17) is 0 Å². The Labute approximate surface area is 126 Å². The van der Waals surface area contributed by atoms with Gasteiger partial charge >= 0.3 is 0 Å². The third-order valence-electron chi connectivity index (χ3n) is 3.42. The molecule has 1 aromatic carbocycles. The zero-order valence-corrected chi connectivity index (χ0v) is 12.9. The van der Waals surface area contributed by atoms with Crippen LogP contribution in [0.3, 0.4) is 0 Å². The highest BCUT2D eigenvalue weighted by atomic mass is 32.2. The maximum Gasteiger partial charge on any atom is 0.271 e. The largest absolute Gasteiger partial charge is 0.271 e. The zero-order chi connectivity index (χ0) is 15.1. The van der Waals surface area contributed by atoms with E-state index in [0.29, 0.717) is 11.4 Å². The Bertz CT molecular complexity index is 775. The first-order valence-electron chi connectivity index (χ1n) is 6.79. The highest BCUT2D eigenvalue weighted by Gasteiger charge is 2.30. The molecule has 0 aliphatic carbocycles. The first-order valence-corrected chi connectivity index (χ1v) is 7.67. The van der Waals surface area contributed by atoms with Gasteiger partial charge in [-0.05, 0) is 38.5 Å². The van der Waals surface area contributed by atoms with Crippen molar-refractivity contribution in [1.82, 2.24) is 9.78 Å². The second-order valence-corrected chi connectivity index (χ2v) is 6.62. The number of fused-ring (bicyclic) bond motifs is 1. The minimum absolute atomic E-state index is 0.106. The Hall–Kier alpha value is -1.82. The second-order valence-electron chi connectivity index (χ2n) is 5.33. The first-order chi connectivity index (χ1) is 9.97. The summed E-state index contributed by atoms with van der Waals surface area (Å²) >= 11 is 1.48. The molecule has 1 aliphatic heterocycles. The molecule has 0 radical (unpaired) electrons. The van der Waals surface area contributed by atoms with Crippen molar-refractivity contribution in [1.29, 1.82) is 0 Å². The Morgan fingerprint density at radius 2 is 2.19 bits per heavy atom. The van der Waals surface area contributed by atoms with Crippen LogP contribution < -0.4 is 5.56 Å². The molecule has 2 heterocycles. The quantitative estimate of drug-likeness (QED) is 0.918. The fourth-order valence-electron chi connectivity index (χ4n) is 2.49. The summed E-state index contributed by atoms with van der Waals surface area (Å²) in [5.41, 5.74) is 1.23. The van der Waals surface area contributed by atoms with Crippen molar-refractivity contribution in [3.8, 4) is 0 Å². The number of hydrogen-bond donors (Lipinski definition) is 1. The van der Waals surface area contributed by atoms with Crippen LogP contribution in [-0.2, 0) is 0 Å². The van der Waals surface area contributed by atoms with E-state index in [1.165, 1.54) is 23.9 Å². The molecule has 4 nitrogen and oxygen atoms in total. The SMILES string of the molecule is CC1=Nc2c(c(=O)[nH]n2C(C)C)C(c2cccc(F)c2)S1. The van der Waals surface area contributed by atoms with Crippen LogP contribution in [0.1, 0.15) is 43.2 Å². The number of aromatic nitrogens is 2. The molecule has 1 unspecified atom stereocenters. The van der Waals surface area contributed by atoms with Gasteiger partial charge in [0.25, 0.3) is 5.56 Å². The number of halogens is 1. The number of benzene rings is 1. The minimum atomic E-state index is -0.297. The summed E-state index contributed by atoms with van der Waals surface area (Å²) < 4.78 is 15.3. The van der Waals surface area contributed by atoms with Gasteiger partial charge in [-0.2, -0.15) is 0 Å². The lowest BCUT2D eigenvalue weighted by Gasteiger charge is -2.21. The molecule has 0 bridgehead atoms. The van der Waals surface area contributed by atoms with Crippen LogP contribution in [-0.4, -0.2) is 14.8 Å². The highest BCUT2D eigenvalue weighted by Crippen LogP contribution is 2.43. The number of aliphatic imine (C=N–C) groups is 1. The maximum absolute atomic E-state index is 13.5. The molecule has 1 atom stereocenters. The average Bonchev–Trinajstić information content (AvgIpc) is 2.75. The summed E-state index contributed by atoms with van der Waals surface area (Å²) in [6, 6.07) is 6.50. The highest BCUT2D eigenvalue weighted by molar-refractivity contribution is 8.14. The number of nitrogens with one attached hydrogen (secondary N) is 1. The Morgan fingerprint density at radius 3 is 2.86 bits per heavy atom. The Balaban J connectivity index is 2.20. The van der Waals surface area contributed by atoms with Gasteiger partial charge in [0, 0.05) is 6.04 Å². The van der Waals surface area contributed by atoms with Gasteiger partial charge in [-0.1, -0.05) is 23.9 Å². The fraction of sp³-hybridized carbons (Fsp3) is 0.333. The van der Waals surface area contributed by atoms with E-state index in [1.54, 1.807) is 10.7 Å². The van der Waals surface area contributed by atoms with Crippen molar-refractivity contribution in [2.45, 2.75) is 32.1 Å². The standard InChI is InChI=1S/C15H16FN3OS/c1-8(2)19-14-12(15(20)18-19)13(21-9(3)17-14)10-5-4-6-11(16)7-10/h4-8,13H,1-3H3,(H,18,20). The van der Waals surface area contributed by atoms with E-state index in [1.807, 2.05) is 26.8 Å². The van der Waals surface area contributed by atoms with Gasteiger partial charge in [0.05, 0.1) is 15.9 Å². The molecular formula is C15H16FN3OS. The van der Waals surface area contributed by atoms with E-state index < -0.39 is 0 Å². The zero-order valence-electron chi connectivity index (χ0n) is 12.1. The summed E-state index contributed by atoms with van der Waals surface area (Å²) in [4.78, 5) is 16.8.